The van der Waals surface area contributed by atoms with E-state index in [1.54, 1.807) is 0 Å². The largest absolute Gasteiger partial charge is 0.393 e. The minimum Gasteiger partial charge on any atom is -0.393 e. The topological polar surface area (TPSA) is 37.3 Å². The van der Waals surface area contributed by atoms with Crippen molar-refractivity contribution in [1.29, 1.82) is 0 Å². The van der Waals surface area contributed by atoms with E-state index in [0.29, 0.717) is 33.5 Å². The van der Waals surface area contributed by atoms with Gasteiger partial charge in [0.25, 0.3) is 0 Å². The lowest BCUT2D eigenvalue weighted by molar-refractivity contribution is -0.247. The van der Waals surface area contributed by atoms with Crippen LogP contribution in [0.4, 0.5) is 0 Å². The molecule has 1 N–H and O–H groups in total. The molecule has 32 heavy (non-hydrogen) atoms. The lowest BCUT2D eigenvalue weighted by atomic mass is 9.32. The monoisotopic (exact) mass is 442 g/mol. The average Bonchev–Trinajstić information content (AvgIpc) is 3.09. The zero-order valence-electron chi connectivity index (χ0n) is 22.0. The Morgan fingerprint density at radius 2 is 1.50 bits per heavy atom. The predicted octanol–water partition coefficient (Wildman–Crippen LogP) is 7.28. The SMILES string of the molecule is CC(C=O)C1CCC2(C)CCC3(C)C(CCC4C5(C)CCC(O)C(C)(C)C5CCC43C)C12. The fourth-order valence-electron chi connectivity index (χ4n) is 11.7. The summed E-state index contributed by atoms with van der Waals surface area (Å²) in [4.78, 5) is 11.9. The van der Waals surface area contributed by atoms with E-state index in [1.165, 1.54) is 64.1 Å². The third kappa shape index (κ3) is 2.71. The first kappa shape index (κ1) is 23.4. The van der Waals surface area contributed by atoms with Crippen LogP contribution in [0.3, 0.4) is 0 Å². The summed E-state index contributed by atoms with van der Waals surface area (Å²) in [5.41, 5.74) is 1.62. The van der Waals surface area contributed by atoms with Gasteiger partial charge in [-0.3, -0.25) is 0 Å². The number of hydrogen-bond acceptors (Lipinski definition) is 2. The number of carbonyl (C=O) groups is 1. The molecule has 0 heterocycles. The summed E-state index contributed by atoms with van der Waals surface area (Å²) in [6, 6.07) is 0. The summed E-state index contributed by atoms with van der Waals surface area (Å²) in [7, 11) is 0. The molecule has 11 atom stereocenters. The molecular weight excluding hydrogens is 392 g/mol. The van der Waals surface area contributed by atoms with Gasteiger partial charge in [-0.2, -0.15) is 0 Å². The van der Waals surface area contributed by atoms with Crippen molar-refractivity contribution in [1.82, 2.24) is 0 Å². The quantitative estimate of drug-likeness (QED) is 0.456. The van der Waals surface area contributed by atoms with Crippen LogP contribution in [-0.4, -0.2) is 17.5 Å². The summed E-state index contributed by atoms with van der Waals surface area (Å²) in [6.07, 6.45) is 14.0. The zero-order chi connectivity index (χ0) is 23.3. The van der Waals surface area contributed by atoms with Crippen LogP contribution < -0.4 is 0 Å². The standard InChI is InChI=1S/C30H50O2/c1-19(18-31)20-10-13-27(4)16-17-29(6)21(25(20)27)8-9-23-28(5)14-12-24(32)26(2,3)22(28)11-15-30(23,29)7/h18-25,32H,8-17H2,1-7H3. The third-order valence-electron chi connectivity index (χ3n) is 13.8. The van der Waals surface area contributed by atoms with Crippen LogP contribution >= 0.6 is 0 Å². The van der Waals surface area contributed by atoms with Crippen LogP contribution in [0.1, 0.15) is 113 Å². The molecule has 5 saturated carbocycles. The van der Waals surface area contributed by atoms with Crippen molar-refractivity contribution in [2.75, 3.05) is 0 Å². The van der Waals surface area contributed by atoms with E-state index in [-0.39, 0.29) is 17.4 Å². The molecule has 182 valence electrons. The smallest absolute Gasteiger partial charge is 0.123 e. The Balaban J connectivity index is 1.53. The molecule has 0 saturated heterocycles. The van der Waals surface area contributed by atoms with Crippen LogP contribution in [0, 0.1) is 62.6 Å². The summed E-state index contributed by atoms with van der Waals surface area (Å²) in [5.74, 6) is 3.73. The molecule has 0 spiro atoms. The Morgan fingerprint density at radius 3 is 2.19 bits per heavy atom. The van der Waals surface area contributed by atoms with Gasteiger partial charge in [-0.1, -0.05) is 48.5 Å². The van der Waals surface area contributed by atoms with Gasteiger partial charge in [0.1, 0.15) is 6.29 Å². The molecule has 11 unspecified atom stereocenters. The molecule has 0 aromatic carbocycles. The van der Waals surface area contributed by atoms with Crippen LogP contribution in [0.25, 0.3) is 0 Å². The number of rotatable bonds is 2. The van der Waals surface area contributed by atoms with Crippen LogP contribution in [-0.2, 0) is 4.79 Å². The molecule has 0 aliphatic heterocycles. The van der Waals surface area contributed by atoms with Crippen molar-refractivity contribution in [2.24, 2.45) is 62.6 Å². The molecule has 5 aliphatic carbocycles. The van der Waals surface area contributed by atoms with E-state index in [2.05, 4.69) is 48.5 Å². The van der Waals surface area contributed by atoms with E-state index < -0.39 is 0 Å². The molecule has 0 radical (unpaired) electrons. The Hall–Kier alpha value is -0.370. The van der Waals surface area contributed by atoms with Crippen molar-refractivity contribution in [3.05, 3.63) is 0 Å². The molecule has 0 amide bonds. The number of aldehydes is 1. The molecule has 5 aliphatic rings. The van der Waals surface area contributed by atoms with Gasteiger partial charge in [0, 0.05) is 5.92 Å². The first-order valence-corrected chi connectivity index (χ1v) is 14.0. The van der Waals surface area contributed by atoms with E-state index in [0.717, 1.165) is 24.2 Å². The van der Waals surface area contributed by atoms with Crippen molar-refractivity contribution >= 4 is 6.29 Å². The van der Waals surface area contributed by atoms with E-state index in [9.17, 15) is 9.90 Å². The Labute approximate surface area is 197 Å². The summed E-state index contributed by atoms with van der Waals surface area (Å²) >= 11 is 0. The third-order valence-corrected chi connectivity index (χ3v) is 13.8. The van der Waals surface area contributed by atoms with Crippen LogP contribution in [0.5, 0.6) is 0 Å². The number of carbonyl (C=O) groups excluding carboxylic acids is 1. The summed E-state index contributed by atoms with van der Waals surface area (Å²) in [5, 5.41) is 10.9. The Bertz CT molecular complexity index is 773. The van der Waals surface area contributed by atoms with Gasteiger partial charge >= 0.3 is 0 Å². The Morgan fingerprint density at radius 1 is 0.781 bits per heavy atom. The van der Waals surface area contributed by atoms with Crippen molar-refractivity contribution in [3.8, 4) is 0 Å². The zero-order valence-corrected chi connectivity index (χ0v) is 22.0. The fourth-order valence-corrected chi connectivity index (χ4v) is 11.7. The van der Waals surface area contributed by atoms with Crippen LogP contribution in [0.2, 0.25) is 0 Å². The maximum atomic E-state index is 11.9. The highest BCUT2D eigenvalue weighted by atomic mass is 16.3. The predicted molar refractivity (Wildman–Crippen MR) is 131 cm³/mol. The van der Waals surface area contributed by atoms with Crippen molar-refractivity contribution in [2.45, 2.75) is 119 Å². The van der Waals surface area contributed by atoms with Gasteiger partial charge < -0.3 is 9.90 Å². The first-order valence-electron chi connectivity index (χ1n) is 14.0. The molecular formula is C30H50O2. The molecule has 0 aromatic rings. The maximum absolute atomic E-state index is 11.9. The van der Waals surface area contributed by atoms with Crippen molar-refractivity contribution in [3.63, 3.8) is 0 Å². The van der Waals surface area contributed by atoms with Gasteiger partial charge in [-0.15, -0.1) is 0 Å². The second-order valence-electron chi connectivity index (χ2n) is 14.9. The fraction of sp³-hybridized carbons (Fsp3) is 0.967. The number of aliphatic hydroxyl groups is 1. The van der Waals surface area contributed by atoms with Gasteiger partial charge in [0.05, 0.1) is 6.10 Å². The van der Waals surface area contributed by atoms with E-state index in [1.807, 2.05) is 0 Å². The molecule has 0 bridgehead atoms. The van der Waals surface area contributed by atoms with Crippen LogP contribution in [0.15, 0.2) is 0 Å². The number of hydrogen-bond donors (Lipinski definition) is 1. The molecule has 5 fully saturated rings. The minimum absolute atomic E-state index is 0.0349. The summed E-state index contributed by atoms with van der Waals surface area (Å²) in [6.45, 7) is 17.5. The first-order chi connectivity index (χ1) is 14.8. The van der Waals surface area contributed by atoms with Gasteiger partial charge in [0.15, 0.2) is 0 Å². The maximum Gasteiger partial charge on any atom is 0.123 e. The molecule has 0 aromatic heterocycles. The lowest BCUT2D eigenvalue weighted by Crippen LogP contribution is -2.66. The van der Waals surface area contributed by atoms with Crippen molar-refractivity contribution < 1.29 is 9.90 Å². The average molecular weight is 443 g/mol. The highest BCUT2D eigenvalue weighted by Crippen LogP contribution is 2.77. The van der Waals surface area contributed by atoms with Gasteiger partial charge in [-0.05, 0) is 121 Å². The lowest BCUT2D eigenvalue weighted by Gasteiger charge is -2.73. The van der Waals surface area contributed by atoms with E-state index >= 15 is 0 Å². The minimum atomic E-state index is -0.142. The summed E-state index contributed by atoms with van der Waals surface area (Å²) < 4.78 is 0. The van der Waals surface area contributed by atoms with E-state index in [4.69, 9.17) is 0 Å². The highest BCUT2D eigenvalue weighted by molar-refractivity contribution is 5.53. The molecule has 2 nitrogen and oxygen atoms in total. The normalized spacial score (nSPS) is 57.5. The number of aliphatic hydroxyl groups excluding tert-OH is 1. The Kier molecular flexibility index (Phi) is 5.17. The molecule has 5 rings (SSSR count). The second-order valence-corrected chi connectivity index (χ2v) is 14.9. The highest BCUT2D eigenvalue weighted by Gasteiger charge is 2.70. The molecule has 2 heteroatoms. The van der Waals surface area contributed by atoms with Gasteiger partial charge in [0.2, 0.25) is 0 Å². The van der Waals surface area contributed by atoms with Gasteiger partial charge in [-0.25, -0.2) is 0 Å². The second kappa shape index (κ2) is 7.08. The number of fused-ring (bicyclic) bond motifs is 7.